The monoisotopic (exact) mass is 375 g/mol. The zero-order chi connectivity index (χ0) is 17.8. The van der Waals surface area contributed by atoms with Crippen LogP contribution in [-0.4, -0.2) is 58.3 Å². The highest BCUT2D eigenvalue weighted by Gasteiger charge is 2.22. The van der Waals surface area contributed by atoms with Gasteiger partial charge in [0.2, 0.25) is 10.3 Å². The predicted octanol–water partition coefficient (Wildman–Crippen LogP) is 2.25. The maximum absolute atomic E-state index is 12.0. The van der Waals surface area contributed by atoms with Gasteiger partial charge in [-0.05, 0) is 25.0 Å². The van der Waals surface area contributed by atoms with Gasteiger partial charge in [-0.15, -0.1) is 10.2 Å². The summed E-state index contributed by atoms with van der Waals surface area (Å²) in [4.78, 5) is 20.0. The fraction of sp³-hybridized carbons (Fsp3) is 0.588. The van der Waals surface area contributed by atoms with Gasteiger partial charge in [-0.1, -0.05) is 24.2 Å². The third-order valence-corrected chi connectivity index (χ3v) is 5.92. The van der Waals surface area contributed by atoms with Crippen LogP contribution in [0.25, 0.3) is 0 Å². The van der Waals surface area contributed by atoms with Gasteiger partial charge in [-0.25, -0.2) is 4.79 Å². The molecule has 4 rings (SSSR count). The number of nitrogens with zero attached hydrogens (tertiary/aromatic N) is 4. The molecule has 8 nitrogen and oxygen atoms in total. The SMILES string of the molecule is O=C(Nc1nnc(N2CCN(Cc3ccc[nH]3)CC2)s1)NC1CCCC1. The second-order valence-corrected chi connectivity index (χ2v) is 7.88. The summed E-state index contributed by atoms with van der Waals surface area (Å²) in [5.74, 6) is 0. The number of aromatic amines is 1. The molecular formula is C17H25N7OS. The smallest absolute Gasteiger partial charge is 0.321 e. The van der Waals surface area contributed by atoms with Gasteiger partial charge in [0.05, 0.1) is 0 Å². The molecule has 2 fully saturated rings. The maximum Gasteiger partial charge on any atom is 0.321 e. The van der Waals surface area contributed by atoms with Crippen LogP contribution >= 0.6 is 11.3 Å². The topological polar surface area (TPSA) is 89.2 Å². The van der Waals surface area contributed by atoms with E-state index in [1.54, 1.807) is 0 Å². The van der Waals surface area contributed by atoms with E-state index in [4.69, 9.17) is 0 Å². The summed E-state index contributed by atoms with van der Waals surface area (Å²) in [5, 5.41) is 15.6. The van der Waals surface area contributed by atoms with Gasteiger partial charge in [0, 0.05) is 50.7 Å². The van der Waals surface area contributed by atoms with Crippen molar-refractivity contribution >= 4 is 27.6 Å². The minimum absolute atomic E-state index is 0.171. The normalized spacial score (nSPS) is 19.0. The molecule has 0 aromatic carbocycles. The molecule has 1 aliphatic heterocycles. The van der Waals surface area contributed by atoms with Crippen LogP contribution in [0.3, 0.4) is 0 Å². The summed E-state index contributed by atoms with van der Waals surface area (Å²) < 4.78 is 0. The van der Waals surface area contributed by atoms with Crippen molar-refractivity contribution in [3.8, 4) is 0 Å². The average Bonchev–Trinajstić information content (AvgIpc) is 3.38. The molecule has 3 N–H and O–H groups in total. The Hall–Kier alpha value is -2.13. The first kappa shape index (κ1) is 17.3. The Balaban J connectivity index is 1.25. The summed E-state index contributed by atoms with van der Waals surface area (Å²) in [6.07, 6.45) is 6.50. The van der Waals surface area contributed by atoms with Crippen molar-refractivity contribution in [2.45, 2.75) is 38.3 Å². The van der Waals surface area contributed by atoms with Crippen molar-refractivity contribution in [2.75, 3.05) is 36.4 Å². The van der Waals surface area contributed by atoms with Crippen molar-refractivity contribution in [3.63, 3.8) is 0 Å². The second kappa shape index (κ2) is 8.05. The summed E-state index contributed by atoms with van der Waals surface area (Å²) in [6, 6.07) is 4.28. The molecule has 9 heteroatoms. The molecule has 1 saturated heterocycles. The van der Waals surface area contributed by atoms with E-state index >= 15 is 0 Å². The standard InChI is InChI=1S/C17H25N7OS/c25-15(19-13-4-1-2-5-13)20-16-21-22-17(26-16)24-10-8-23(9-11-24)12-14-6-3-7-18-14/h3,6-7,13,18H,1-2,4-5,8-12H2,(H2,19,20,21,25). The van der Waals surface area contributed by atoms with Crippen LogP contribution in [0.4, 0.5) is 15.1 Å². The second-order valence-electron chi connectivity index (χ2n) is 6.93. The zero-order valence-electron chi connectivity index (χ0n) is 14.8. The Morgan fingerprint density at radius 3 is 2.77 bits per heavy atom. The Kier molecular flexibility index (Phi) is 5.35. The molecule has 2 aromatic heterocycles. The summed E-state index contributed by atoms with van der Waals surface area (Å²) >= 11 is 1.44. The number of H-pyrrole nitrogens is 1. The molecule has 0 atom stereocenters. The molecule has 140 valence electrons. The number of aromatic nitrogens is 3. The van der Waals surface area contributed by atoms with Crippen molar-refractivity contribution in [1.82, 2.24) is 25.4 Å². The molecule has 0 spiro atoms. The van der Waals surface area contributed by atoms with E-state index < -0.39 is 0 Å². The van der Waals surface area contributed by atoms with E-state index in [0.29, 0.717) is 11.2 Å². The number of hydrogen-bond donors (Lipinski definition) is 3. The van der Waals surface area contributed by atoms with Crippen LogP contribution in [0.15, 0.2) is 18.3 Å². The average molecular weight is 376 g/mol. The molecule has 2 aromatic rings. The molecule has 1 saturated carbocycles. The number of urea groups is 1. The number of piperazine rings is 1. The van der Waals surface area contributed by atoms with Crippen LogP contribution < -0.4 is 15.5 Å². The van der Waals surface area contributed by atoms with E-state index in [0.717, 1.165) is 50.7 Å². The molecule has 0 unspecified atom stereocenters. The lowest BCUT2D eigenvalue weighted by Crippen LogP contribution is -2.46. The number of carbonyl (C=O) groups excluding carboxylic acids is 1. The van der Waals surface area contributed by atoms with E-state index in [1.165, 1.54) is 29.9 Å². The number of anilines is 2. The highest BCUT2D eigenvalue weighted by Crippen LogP contribution is 2.25. The quantitative estimate of drug-likeness (QED) is 0.746. The van der Waals surface area contributed by atoms with E-state index in [-0.39, 0.29) is 6.03 Å². The van der Waals surface area contributed by atoms with Crippen molar-refractivity contribution in [3.05, 3.63) is 24.0 Å². The highest BCUT2D eigenvalue weighted by molar-refractivity contribution is 7.19. The van der Waals surface area contributed by atoms with Gasteiger partial charge in [-0.3, -0.25) is 10.2 Å². The number of rotatable bonds is 5. The molecule has 26 heavy (non-hydrogen) atoms. The van der Waals surface area contributed by atoms with Gasteiger partial charge in [0.15, 0.2) is 0 Å². The van der Waals surface area contributed by atoms with E-state index in [1.807, 2.05) is 12.3 Å². The molecule has 3 heterocycles. The van der Waals surface area contributed by atoms with Crippen LogP contribution in [0.2, 0.25) is 0 Å². The predicted molar refractivity (Wildman–Crippen MR) is 103 cm³/mol. The lowest BCUT2D eigenvalue weighted by molar-refractivity contribution is 0.247. The van der Waals surface area contributed by atoms with E-state index in [2.05, 4.69) is 41.7 Å². The third-order valence-electron chi connectivity index (χ3n) is 5.02. The molecule has 0 radical (unpaired) electrons. The lowest BCUT2D eigenvalue weighted by Gasteiger charge is -2.33. The van der Waals surface area contributed by atoms with Gasteiger partial charge in [0.1, 0.15) is 0 Å². The molecule has 2 aliphatic rings. The number of amides is 2. The van der Waals surface area contributed by atoms with Crippen LogP contribution in [0.5, 0.6) is 0 Å². The third kappa shape index (κ3) is 4.34. The van der Waals surface area contributed by atoms with Gasteiger partial charge in [-0.2, -0.15) is 0 Å². The van der Waals surface area contributed by atoms with Gasteiger partial charge in [0.25, 0.3) is 0 Å². The minimum Gasteiger partial charge on any atom is -0.364 e. The largest absolute Gasteiger partial charge is 0.364 e. The van der Waals surface area contributed by atoms with Gasteiger partial charge < -0.3 is 15.2 Å². The van der Waals surface area contributed by atoms with Crippen molar-refractivity contribution in [1.29, 1.82) is 0 Å². The summed E-state index contributed by atoms with van der Waals surface area (Å²) in [5.41, 5.74) is 1.24. The molecule has 1 aliphatic carbocycles. The fourth-order valence-electron chi connectivity index (χ4n) is 3.59. The fourth-order valence-corrected chi connectivity index (χ4v) is 4.38. The first-order valence-corrected chi connectivity index (χ1v) is 10.1. The van der Waals surface area contributed by atoms with Crippen molar-refractivity contribution in [2.24, 2.45) is 0 Å². The Bertz CT molecular complexity index is 703. The van der Waals surface area contributed by atoms with Gasteiger partial charge >= 0.3 is 6.03 Å². The van der Waals surface area contributed by atoms with Crippen LogP contribution in [-0.2, 0) is 6.54 Å². The lowest BCUT2D eigenvalue weighted by atomic mass is 10.3. The summed E-state index contributed by atoms with van der Waals surface area (Å²) in [6.45, 7) is 4.77. The molecule has 0 bridgehead atoms. The first-order valence-electron chi connectivity index (χ1n) is 9.27. The Morgan fingerprint density at radius 2 is 2.04 bits per heavy atom. The Labute approximate surface area is 157 Å². The number of nitrogens with one attached hydrogen (secondary N) is 3. The Morgan fingerprint density at radius 1 is 1.23 bits per heavy atom. The van der Waals surface area contributed by atoms with Crippen molar-refractivity contribution < 1.29 is 4.79 Å². The summed E-state index contributed by atoms with van der Waals surface area (Å²) in [7, 11) is 0. The first-order chi connectivity index (χ1) is 12.8. The molecular weight excluding hydrogens is 350 g/mol. The van der Waals surface area contributed by atoms with Crippen LogP contribution in [0.1, 0.15) is 31.4 Å². The minimum atomic E-state index is -0.171. The van der Waals surface area contributed by atoms with E-state index in [9.17, 15) is 4.79 Å². The maximum atomic E-state index is 12.0. The van der Waals surface area contributed by atoms with Crippen LogP contribution in [0, 0.1) is 0 Å². The number of hydrogen-bond acceptors (Lipinski definition) is 6. The highest BCUT2D eigenvalue weighted by atomic mass is 32.1. The zero-order valence-corrected chi connectivity index (χ0v) is 15.6. The number of carbonyl (C=O) groups is 1. The molecule has 2 amide bonds.